The van der Waals surface area contributed by atoms with Gasteiger partial charge in [0.05, 0.1) is 24.5 Å². The number of furan rings is 1. The Morgan fingerprint density at radius 2 is 1.97 bits per heavy atom. The van der Waals surface area contributed by atoms with Crippen molar-refractivity contribution in [3.05, 3.63) is 48.4 Å². The van der Waals surface area contributed by atoms with Gasteiger partial charge in [0.2, 0.25) is 11.8 Å². The maximum absolute atomic E-state index is 13.2. The standard InChI is InChI=1S/C22H23N3O6/c1-14(26)23-15-6-8-16(9-7-15)25-20(27)12-18(21(25)28)24(13-17-4-2-10-30-17)22(29)19-5-3-11-31-19/h3,5-9,11,17-18H,2,4,10,12-13H2,1H3,(H,23,26). The molecule has 2 aromatic rings. The summed E-state index contributed by atoms with van der Waals surface area (Å²) in [6.45, 7) is 2.21. The van der Waals surface area contributed by atoms with Gasteiger partial charge in [-0.25, -0.2) is 4.90 Å². The molecule has 4 rings (SSSR count). The zero-order chi connectivity index (χ0) is 22.0. The Bertz CT molecular complexity index is 979. The van der Waals surface area contributed by atoms with Gasteiger partial charge in [0.1, 0.15) is 6.04 Å². The zero-order valence-corrected chi connectivity index (χ0v) is 17.1. The molecule has 2 atom stereocenters. The lowest BCUT2D eigenvalue weighted by Crippen LogP contribution is -2.48. The van der Waals surface area contributed by atoms with E-state index >= 15 is 0 Å². The molecule has 2 fully saturated rings. The molecular weight excluding hydrogens is 402 g/mol. The lowest BCUT2D eigenvalue weighted by molar-refractivity contribution is -0.123. The molecule has 1 N–H and O–H groups in total. The Kier molecular flexibility index (Phi) is 5.85. The smallest absolute Gasteiger partial charge is 0.290 e. The third-order valence-electron chi connectivity index (χ3n) is 5.36. The number of hydrogen-bond acceptors (Lipinski definition) is 6. The van der Waals surface area contributed by atoms with E-state index < -0.39 is 23.8 Å². The van der Waals surface area contributed by atoms with Crippen LogP contribution in [0.3, 0.4) is 0 Å². The van der Waals surface area contributed by atoms with Crippen LogP contribution in [0.15, 0.2) is 47.1 Å². The van der Waals surface area contributed by atoms with E-state index in [1.54, 1.807) is 30.3 Å². The van der Waals surface area contributed by atoms with Gasteiger partial charge in [0.25, 0.3) is 11.8 Å². The van der Waals surface area contributed by atoms with Gasteiger partial charge in [-0.1, -0.05) is 0 Å². The van der Waals surface area contributed by atoms with Gasteiger partial charge >= 0.3 is 0 Å². The minimum atomic E-state index is -0.940. The number of imide groups is 1. The highest BCUT2D eigenvalue weighted by molar-refractivity contribution is 6.23. The number of amides is 4. The van der Waals surface area contributed by atoms with Crippen molar-refractivity contribution >= 4 is 35.0 Å². The summed E-state index contributed by atoms with van der Waals surface area (Å²) in [6.07, 6.45) is 2.75. The van der Waals surface area contributed by atoms with Crippen molar-refractivity contribution in [2.45, 2.75) is 38.3 Å². The molecule has 3 heterocycles. The molecule has 0 saturated carbocycles. The van der Waals surface area contributed by atoms with Crippen LogP contribution >= 0.6 is 0 Å². The summed E-state index contributed by atoms with van der Waals surface area (Å²) in [5.41, 5.74) is 0.939. The number of carbonyl (C=O) groups excluding carboxylic acids is 4. The summed E-state index contributed by atoms with van der Waals surface area (Å²) >= 11 is 0. The molecule has 2 saturated heterocycles. The van der Waals surface area contributed by atoms with Crippen LogP contribution in [0.1, 0.15) is 36.7 Å². The van der Waals surface area contributed by atoms with E-state index in [9.17, 15) is 19.2 Å². The fraction of sp³-hybridized carbons (Fsp3) is 0.364. The molecule has 0 bridgehead atoms. The highest BCUT2D eigenvalue weighted by Gasteiger charge is 2.45. The van der Waals surface area contributed by atoms with Gasteiger partial charge in [0.15, 0.2) is 5.76 Å². The molecule has 9 heteroatoms. The maximum Gasteiger partial charge on any atom is 0.290 e. The normalized spacial score (nSPS) is 20.9. The second kappa shape index (κ2) is 8.73. The monoisotopic (exact) mass is 425 g/mol. The van der Waals surface area contributed by atoms with Crippen molar-refractivity contribution in [2.24, 2.45) is 0 Å². The van der Waals surface area contributed by atoms with Gasteiger partial charge in [-0.3, -0.25) is 19.2 Å². The minimum absolute atomic E-state index is 0.108. The number of nitrogens with zero attached hydrogens (tertiary/aromatic N) is 2. The Morgan fingerprint density at radius 3 is 2.58 bits per heavy atom. The van der Waals surface area contributed by atoms with Gasteiger partial charge in [-0.2, -0.15) is 0 Å². The predicted molar refractivity (Wildman–Crippen MR) is 110 cm³/mol. The van der Waals surface area contributed by atoms with Gasteiger partial charge in [-0.15, -0.1) is 0 Å². The molecule has 2 unspecified atom stereocenters. The number of anilines is 2. The number of nitrogens with one attached hydrogen (secondary N) is 1. The summed E-state index contributed by atoms with van der Waals surface area (Å²) in [6, 6.07) is 8.59. The largest absolute Gasteiger partial charge is 0.459 e. The molecule has 1 aromatic heterocycles. The molecule has 9 nitrogen and oxygen atoms in total. The van der Waals surface area contributed by atoms with Gasteiger partial charge in [0, 0.05) is 25.8 Å². The topological polar surface area (TPSA) is 109 Å². The van der Waals surface area contributed by atoms with Crippen molar-refractivity contribution in [2.75, 3.05) is 23.4 Å². The summed E-state index contributed by atoms with van der Waals surface area (Å²) < 4.78 is 10.9. The number of benzene rings is 1. The first kappa shape index (κ1) is 20.8. The number of rotatable bonds is 6. The maximum atomic E-state index is 13.2. The Hall–Kier alpha value is -3.46. The summed E-state index contributed by atoms with van der Waals surface area (Å²) in [4.78, 5) is 52.7. The summed E-state index contributed by atoms with van der Waals surface area (Å²) in [5.74, 6) is -1.43. The highest BCUT2D eigenvalue weighted by atomic mass is 16.5. The van der Waals surface area contributed by atoms with Crippen molar-refractivity contribution < 1.29 is 28.3 Å². The fourth-order valence-corrected chi connectivity index (χ4v) is 3.93. The van der Waals surface area contributed by atoms with E-state index in [1.165, 1.54) is 24.2 Å². The first-order chi connectivity index (χ1) is 14.9. The van der Waals surface area contributed by atoms with E-state index in [1.807, 2.05) is 0 Å². The molecule has 162 valence electrons. The fourth-order valence-electron chi connectivity index (χ4n) is 3.93. The third-order valence-corrected chi connectivity index (χ3v) is 5.36. The molecule has 31 heavy (non-hydrogen) atoms. The molecule has 0 radical (unpaired) electrons. The number of carbonyl (C=O) groups is 4. The summed E-state index contributed by atoms with van der Waals surface area (Å²) in [7, 11) is 0. The van der Waals surface area contributed by atoms with Crippen LogP contribution in [0.5, 0.6) is 0 Å². The Balaban J connectivity index is 1.57. The quantitative estimate of drug-likeness (QED) is 0.711. The number of hydrogen-bond donors (Lipinski definition) is 1. The average molecular weight is 425 g/mol. The van der Waals surface area contributed by atoms with E-state index in [2.05, 4.69) is 5.32 Å². The van der Waals surface area contributed by atoms with Crippen LogP contribution in [-0.2, 0) is 19.1 Å². The first-order valence-electron chi connectivity index (χ1n) is 10.1. The second-order valence-electron chi connectivity index (χ2n) is 7.59. The van der Waals surface area contributed by atoms with Gasteiger partial charge in [-0.05, 0) is 49.2 Å². The lowest BCUT2D eigenvalue weighted by atomic mass is 10.1. The van der Waals surface area contributed by atoms with Crippen LogP contribution in [0.2, 0.25) is 0 Å². The van der Waals surface area contributed by atoms with Crippen molar-refractivity contribution in [1.82, 2.24) is 4.90 Å². The SMILES string of the molecule is CC(=O)Nc1ccc(N2C(=O)CC(N(CC3CCCO3)C(=O)c3ccco3)C2=O)cc1. The lowest BCUT2D eigenvalue weighted by Gasteiger charge is -2.29. The molecular formula is C22H23N3O6. The zero-order valence-electron chi connectivity index (χ0n) is 17.1. The van der Waals surface area contributed by atoms with Crippen LogP contribution < -0.4 is 10.2 Å². The van der Waals surface area contributed by atoms with Crippen molar-refractivity contribution in [3.8, 4) is 0 Å². The Morgan fingerprint density at radius 1 is 1.19 bits per heavy atom. The van der Waals surface area contributed by atoms with E-state index in [-0.39, 0.29) is 30.7 Å². The molecule has 0 spiro atoms. The first-order valence-corrected chi connectivity index (χ1v) is 10.1. The van der Waals surface area contributed by atoms with E-state index in [0.717, 1.165) is 17.7 Å². The molecule has 4 amide bonds. The average Bonchev–Trinajstić information content (AvgIpc) is 3.49. The summed E-state index contributed by atoms with van der Waals surface area (Å²) in [5, 5.41) is 2.64. The van der Waals surface area contributed by atoms with Crippen LogP contribution in [0.4, 0.5) is 11.4 Å². The molecule has 1 aromatic carbocycles. The molecule has 2 aliphatic heterocycles. The second-order valence-corrected chi connectivity index (χ2v) is 7.59. The predicted octanol–water partition coefficient (Wildman–Crippen LogP) is 2.19. The molecule has 2 aliphatic rings. The van der Waals surface area contributed by atoms with Crippen LogP contribution in [0, 0.1) is 0 Å². The van der Waals surface area contributed by atoms with Crippen molar-refractivity contribution in [1.29, 1.82) is 0 Å². The third kappa shape index (κ3) is 4.36. The van der Waals surface area contributed by atoms with Crippen LogP contribution in [0.25, 0.3) is 0 Å². The highest BCUT2D eigenvalue weighted by Crippen LogP contribution is 2.29. The minimum Gasteiger partial charge on any atom is -0.459 e. The van der Waals surface area contributed by atoms with Crippen molar-refractivity contribution in [3.63, 3.8) is 0 Å². The Labute approximate surface area is 178 Å². The number of ether oxygens (including phenoxy) is 1. The molecule has 0 aliphatic carbocycles. The van der Waals surface area contributed by atoms with E-state index in [0.29, 0.717) is 18.0 Å². The van der Waals surface area contributed by atoms with Crippen LogP contribution in [-0.4, -0.2) is 53.8 Å². The van der Waals surface area contributed by atoms with Gasteiger partial charge < -0.3 is 19.4 Å². The van der Waals surface area contributed by atoms with E-state index in [4.69, 9.17) is 9.15 Å².